The Kier molecular flexibility index (Phi) is 6.48. The van der Waals surface area contributed by atoms with Crippen LogP contribution >= 0.6 is 0 Å². The van der Waals surface area contributed by atoms with Gasteiger partial charge in [0.1, 0.15) is 12.0 Å². The summed E-state index contributed by atoms with van der Waals surface area (Å²) in [6, 6.07) is 10.3. The molecule has 1 heterocycles. The van der Waals surface area contributed by atoms with Crippen molar-refractivity contribution >= 4 is 5.96 Å². The second-order valence-corrected chi connectivity index (χ2v) is 5.28. The Labute approximate surface area is 131 Å². The van der Waals surface area contributed by atoms with E-state index in [0.717, 1.165) is 31.0 Å². The minimum atomic E-state index is 0.600. The largest absolute Gasteiger partial charge is 0.364 e. The molecule has 5 nitrogen and oxygen atoms in total. The van der Waals surface area contributed by atoms with Crippen molar-refractivity contribution in [3.63, 3.8) is 0 Å². The SMILES string of the molecule is CCCCNC(=NCc1ccc(C)cc1)NCc1ccon1. The summed E-state index contributed by atoms with van der Waals surface area (Å²) in [7, 11) is 0. The fraction of sp³-hybridized carbons (Fsp3) is 0.412. The number of aromatic nitrogens is 1. The van der Waals surface area contributed by atoms with E-state index < -0.39 is 0 Å². The number of rotatable bonds is 7. The van der Waals surface area contributed by atoms with Gasteiger partial charge in [-0.2, -0.15) is 0 Å². The Balaban J connectivity index is 1.92. The van der Waals surface area contributed by atoms with E-state index in [1.807, 2.05) is 6.07 Å². The van der Waals surface area contributed by atoms with Crippen LogP contribution in [0.5, 0.6) is 0 Å². The fourth-order valence-corrected chi connectivity index (χ4v) is 1.92. The minimum absolute atomic E-state index is 0.600. The molecule has 0 saturated heterocycles. The highest BCUT2D eigenvalue weighted by atomic mass is 16.5. The third-order valence-electron chi connectivity index (χ3n) is 3.29. The molecule has 2 aromatic rings. The van der Waals surface area contributed by atoms with Gasteiger partial charge in [0.25, 0.3) is 0 Å². The standard InChI is InChI=1S/C17H24N4O/c1-3-4-10-18-17(20-13-16-9-11-22-21-16)19-12-15-7-5-14(2)6-8-15/h5-9,11H,3-4,10,12-13H2,1-2H3,(H2,18,19,20). The summed E-state index contributed by atoms with van der Waals surface area (Å²) in [5.41, 5.74) is 3.32. The molecule has 0 radical (unpaired) electrons. The number of unbranched alkanes of at least 4 members (excludes halogenated alkanes) is 1. The summed E-state index contributed by atoms with van der Waals surface area (Å²) in [4.78, 5) is 4.63. The summed E-state index contributed by atoms with van der Waals surface area (Å²) in [5, 5.41) is 10.5. The van der Waals surface area contributed by atoms with E-state index in [4.69, 9.17) is 4.52 Å². The van der Waals surface area contributed by atoms with Gasteiger partial charge in [-0.15, -0.1) is 0 Å². The molecular formula is C17H24N4O. The number of aryl methyl sites for hydroxylation is 1. The first-order chi connectivity index (χ1) is 10.8. The highest BCUT2D eigenvalue weighted by molar-refractivity contribution is 5.79. The number of nitrogens with zero attached hydrogens (tertiary/aromatic N) is 2. The van der Waals surface area contributed by atoms with Crippen molar-refractivity contribution in [3.8, 4) is 0 Å². The van der Waals surface area contributed by atoms with Gasteiger partial charge in [-0.05, 0) is 18.9 Å². The van der Waals surface area contributed by atoms with Crippen LogP contribution in [-0.4, -0.2) is 17.7 Å². The molecule has 118 valence electrons. The maximum absolute atomic E-state index is 4.84. The van der Waals surface area contributed by atoms with Crippen LogP contribution in [0.25, 0.3) is 0 Å². The van der Waals surface area contributed by atoms with Gasteiger partial charge in [0.2, 0.25) is 0 Å². The lowest BCUT2D eigenvalue weighted by Crippen LogP contribution is -2.37. The summed E-state index contributed by atoms with van der Waals surface area (Å²) in [5.74, 6) is 0.803. The molecule has 0 aliphatic rings. The average molecular weight is 300 g/mol. The molecule has 0 saturated carbocycles. The number of aliphatic imine (C=N–C) groups is 1. The molecule has 5 heteroatoms. The van der Waals surface area contributed by atoms with Crippen LogP contribution in [0.4, 0.5) is 0 Å². The monoisotopic (exact) mass is 300 g/mol. The Morgan fingerprint density at radius 2 is 2.00 bits per heavy atom. The molecule has 0 aliphatic carbocycles. The molecule has 0 atom stereocenters. The van der Waals surface area contributed by atoms with E-state index in [9.17, 15) is 0 Å². The maximum atomic E-state index is 4.84. The average Bonchev–Trinajstić information content (AvgIpc) is 3.04. The molecule has 0 amide bonds. The van der Waals surface area contributed by atoms with Crippen LogP contribution in [-0.2, 0) is 13.1 Å². The highest BCUT2D eigenvalue weighted by Gasteiger charge is 2.01. The van der Waals surface area contributed by atoms with Gasteiger partial charge < -0.3 is 15.2 Å². The van der Waals surface area contributed by atoms with Crippen LogP contribution in [0.2, 0.25) is 0 Å². The van der Waals surface area contributed by atoms with Gasteiger partial charge >= 0.3 is 0 Å². The van der Waals surface area contributed by atoms with Gasteiger partial charge in [-0.1, -0.05) is 48.3 Å². The third kappa shape index (κ3) is 5.60. The lowest BCUT2D eigenvalue weighted by molar-refractivity contribution is 0.410. The molecular weight excluding hydrogens is 276 g/mol. The quantitative estimate of drug-likeness (QED) is 0.469. The van der Waals surface area contributed by atoms with E-state index >= 15 is 0 Å². The highest BCUT2D eigenvalue weighted by Crippen LogP contribution is 2.04. The number of benzene rings is 1. The summed E-state index contributed by atoms with van der Waals surface area (Å²) >= 11 is 0. The van der Waals surface area contributed by atoms with Gasteiger partial charge in [-0.3, -0.25) is 0 Å². The molecule has 1 aromatic carbocycles. The predicted molar refractivity (Wildman–Crippen MR) is 88.6 cm³/mol. The van der Waals surface area contributed by atoms with Crippen LogP contribution in [0.1, 0.15) is 36.6 Å². The first-order valence-corrected chi connectivity index (χ1v) is 7.75. The molecule has 2 rings (SSSR count). The first-order valence-electron chi connectivity index (χ1n) is 7.75. The summed E-state index contributed by atoms with van der Waals surface area (Å²) in [6.07, 6.45) is 3.85. The molecule has 1 aromatic heterocycles. The lowest BCUT2D eigenvalue weighted by atomic mass is 10.1. The zero-order valence-electron chi connectivity index (χ0n) is 13.3. The van der Waals surface area contributed by atoms with Crippen molar-refractivity contribution in [2.24, 2.45) is 4.99 Å². The topological polar surface area (TPSA) is 62.5 Å². The molecule has 0 unspecified atom stereocenters. The van der Waals surface area contributed by atoms with E-state index in [0.29, 0.717) is 13.1 Å². The minimum Gasteiger partial charge on any atom is -0.364 e. The summed E-state index contributed by atoms with van der Waals surface area (Å²) < 4.78 is 4.84. The fourth-order valence-electron chi connectivity index (χ4n) is 1.92. The van der Waals surface area contributed by atoms with Crippen molar-refractivity contribution in [1.82, 2.24) is 15.8 Å². The smallest absolute Gasteiger partial charge is 0.191 e. The van der Waals surface area contributed by atoms with Crippen LogP contribution < -0.4 is 10.6 Å². The molecule has 0 spiro atoms. The summed E-state index contributed by atoms with van der Waals surface area (Å²) in [6.45, 7) is 6.43. The Morgan fingerprint density at radius 1 is 1.18 bits per heavy atom. The Bertz CT molecular complexity index is 561. The first kappa shape index (κ1) is 16.1. The molecule has 2 N–H and O–H groups in total. The van der Waals surface area contributed by atoms with Gasteiger partial charge in [0, 0.05) is 12.6 Å². The molecule has 0 fully saturated rings. The number of guanidine groups is 1. The molecule has 0 aliphatic heterocycles. The lowest BCUT2D eigenvalue weighted by Gasteiger charge is -2.11. The van der Waals surface area contributed by atoms with Crippen molar-refractivity contribution in [2.45, 2.75) is 39.8 Å². The number of hydrogen-bond acceptors (Lipinski definition) is 3. The normalized spacial score (nSPS) is 11.5. The molecule has 0 bridgehead atoms. The number of nitrogens with one attached hydrogen (secondary N) is 2. The van der Waals surface area contributed by atoms with E-state index in [2.05, 4.69) is 58.9 Å². The molecule has 22 heavy (non-hydrogen) atoms. The van der Waals surface area contributed by atoms with Crippen LogP contribution in [0, 0.1) is 6.92 Å². The van der Waals surface area contributed by atoms with Crippen molar-refractivity contribution in [1.29, 1.82) is 0 Å². The van der Waals surface area contributed by atoms with E-state index in [1.165, 1.54) is 11.1 Å². The Hall–Kier alpha value is -2.30. The maximum Gasteiger partial charge on any atom is 0.191 e. The van der Waals surface area contributed by atoms with Crippen molar-refractivity contribution in [3.05, 3.63) is 53.4 Å². The number of hydrogen-bond donors (Lipinski definition) is 2. The second-order valence-electron chi connectivity index (χ2n) is 5.28. The zero-order valence-corrected chi connectivity index (χ0v) is 13.3. The van der Waals surface area contributed by atoms with Gasteiger partial charge in [0.05, 0.1) is 13.1 Å². The van der Waals surface area contributed by atoms with Crippen molar-refractivity contribution in [2.75, 3.05) is 6.54 Å². The predicted octanol–water partition coefficient (Wildman–Crippen LogP) is 3.02. The van der Waals surface area contributed by atoms with Crippen LogP contribution in [0.15, 0.2) is 46.1 Å². The van der Waals surface area contributed by atoms with Gasteiger partial charge in [0.15, 0.2) is 5.96 Å². The second kappa shape index (κ2) is 8.87. The van der Waals surface area contributed by atoms with Crippen molar-refractivity contribution < 1.29 is 4.52 Å². The Morgan fingerprint density at radius 3 is 2.68 bits per heavy atom. The van der Waals surface area contributed by atoms with E-state index in [-0.39, 0.29) is 0 Å². The van der Waals surface area contributed by atoms with Crippen LogP contribution in [0.3, 0.4) is 0 Å². The third-order valence-corrected chi connectivity index (χ3v) is 3.29. The zero-order chi connectivity index (χ0) is 15.6. The van der Waals surface area contributed by atoms with E-state index in [1.54, 1.807) is 6.26 Å². The van der Waals surface area contributed by atoms with Gasteiger partial charge in [-0.25, -0.2) is 4.99 Å².